The lowest BCUT2D eigenvalue weighted by Gasteiger charge is -2.27. The van der Waals surface area contributed by atoms with Gasteiger partial charge in [-0.25, -0.2) is 4.98 Å². The number of nitrogens with one attached hydrogen (secondary N) is 1. The first-order valence-electron chi connectivity index (χ1n) is 11.7. The van der Waals surface area contributed by atoms with Gasteiger partial charge in [-0.15, -0.1) is 0 Å². The number of para-hydroxylation sites is 2. The average molecular weight is 462 g/mol. The molecule has 8 nitrogen and oxygen atoms in total. The molecule has 2 fully saturated rings. The molecule has 0 aliphatic carbocycles. The van der Waals surface area contributed by atoms with Crippen LogP contribution in [0.1, 0.15) is 18.1 Å². The molecule has 2 saturated heterocycles. The topological polar surface area (TPSA) is 78.0 Å². The molecule has 34 heavy (non-hydrogen) atoms. The average Bonchev–Trinajstić information content (AvgIpc) is 3.25. The Kier molecular flexibility index (Phi) is 5.77. The lowest BCUT2D eigenvalue weighted by Crippen LogP contribution is -2.34. The SMILES string of the molecule is COc1ccccc1N1C[C@@H]2CN(C(=O)/C=C/c3cnc4c(c3)CN(C)CC(=O)N4)C[C@]2(C)C1. The number of rotatable bonds is 4. The first kappa shape index (κ1) is 22.4. The molecule has 5 rings (SSSR count). The highest BCUT2D eigenvalue weighted by Gasteiger charge is 2.50. The summed E-state index contributed by atoms with van der Waals surface area (Å²) in [5.74, 6) is 1.87. The molecule has 8 heteroatoms. The van der Waals surface area contributed by atoms with Crippen molar-refractivity contribution in [1.82, 2.24) is 14.8 Å². The van der Waals surface area contributed by atoms with Gasteiger partial charge in [0.2, 0.25) is 11.8 Å². The van der Waals surface area contributed by atoms with Crippen molar-refractivity contribution in [2.24, 2.45) is 11.3 Å². The van der Waals surface area contributed by atoms with E-state index in [-0.39, 0.29) is 17.2 Å². The van der Waals surface area contributed by atoms with Gasteiger partial charge >= 0.3 is 0 Å². The lowest BCUT2D eigenvalue weighted by atomic mass is 9.83. The molecule has 3 aliphatic heterocycles. The summed E-state index contributed by atoms with van der Waals surface area (Å²) in [6.45, 7) is 6.56. The third-order valence-electron chi connectivity index (χ3n) is 7.23. The molecule has 2 amide bonds. The van der Waals surface area contributed by atoms with Gasteiger partial charge in [0.15, 0.2) is 0 Å². The van der Waals surface area contributed by atoms with Crippen LogP contribution in [0.15, 0.2) is 42.6 Å². The van der Waals surface area contributed by atoms with Gasteiger partial charge in [0.05, 0.1) is 19.3 Å². The number of carbonyl (C=O) groups excluding carboxylic acids is 2. The molecule has 0 saturated carbocycles. The van der Waals surface area contributed by atoms with Crippen molar-refractivity contribution < 1.29 is 14.3 Å². The van der Waals surface area contributed by atoms with Gasteiger partial charge in [-0.3, -0.25) is 14.5 Å². The van der Waals surface area contributed by atoms with Gasteiger partial charge in [-0.05, 0) is 36.9 Å². The molecular weight excluding hydrogens is 430 g/mol. The number of hydrogen-bond acceptors (Lipinski definition) is 6. The Morgan fingerprint density at radius 1 is 1.24 bits per heavy atom. The van der Waals surface area contributed by atoms with Crippen LogP contribution in [0, 0.1) is 11.3 Å². The number of nitrogens with zero attached hydrogens (tertiary/aromatic N) is 4. The molecular formula is C26H31N5O3. The Bertz CT molecular complexity index is 1150. The number of amides is 2. The molecule has 178 valence electrons. The summed E-state index contributed by atoms with van der Waals surface area (Å²) in [6.07, 6.45) is 5.16. The minimum Gasteiger partial charge on any atom is -0.495 e. The summed E-state index contributed by atoms with van der Waals surface area (Å²) in [5, 5.41) is 2.84. The van der Waals surface area contributed by atoms with Crippen molar-refractivity contribution >= 4 is 29.4 Å². The fourth-order valence-corrected chi connectivity index (χ4v) is 5.47. The molecule has 4 heterocycles. The number of ether oxygens (including phenoxy) is 1. The summed E-state index contributed by atoms with van der Waals surface area (Å²) in [5.41, 5.74) is 2.97. The van der Waals surface area contributed by atoms with Crippen molar-refractivity contribution in [3.63, 3.8) is 0 Å². The maximum atomic E-state index is 13.0. The maximum absolute atomic E-state index is 13.0. The van der Waals surface area contributed by atoms with Gasteiger partial charge in [-0.2, -0.15) is 0 Å². The van der Waals surface area contributed by atoms with Crippen molar-refractivity contribution in [2.75, 3.05) is 57.1 Å². The summed E-state index contributed by atoms with van der Waals surface area (Å²) >= 11 is 0. The van der Waals surface area contributed by atoms with Gasteiger partial charge in [0, 0.05) is 61.9 Å². The number of pyridine rings is 1. The van der Waals surface area contributed by atoms with Crippen LogP contribution in [0.4, 0.5) is 11.5 Å². The first-order chi connectivity index (χ1) is 16.3. The van der Waals surface area contributed by atoms with E-state index in [9.17, 15) is 9.59 Å². The van der Waals surface area contributed by atoms with Crippen LogP contribution >= 0.6 is 0 Å². The zero-order valence-corrected chi connectivity index (χ0v) is 20.0. The van der Waals surface area contributed by atoms with E-state index in [0.29, 0.717) is 24.8 Å². The Labute approximate surface area is 200 Å². The molecule has 2 aromatic rings. The zero-order chi connectivity index (χ0) is 23.9. The smallest absolute Gasteiger partial charge is 0.246 e. The quantitative estimate of drug-likeness (QED) is 0.705. The highest BCUT2D eigenvalue weighted by molar-refractivity contribution is 5.93. The van der Waals surface area contributed by atoms with Crippen molar-refractivity contribution in [1.29, 1.82) is 0 Å². The van der Waals surface area contributed by atoms with Crippen LogP contribution in [0.25, 0.3) is 6.08 Å². The second-order valence-electron chi connectivity index (χ2n) is 9.95. The second kappa shape index (κ2) is 8.76. The summed E-state index contributed by atoms with van der Waals surface area (Å²) in [6, 6.07) is 10.1. The summed E-state index contributed by atoms with van der Waals surface area (Å²) < 4.78 is 5.56. The number of carbonyl (C=O) groups is 2. The number of aromatic nitrogens is 1. The van der Waals surface area contributed by atoms with E-state index in [1.165, 1.54) is 0 Å². The van der Waals surface area contributed by atoms with E-state index >= 15 is 0 Å². The molecule has 1 N–H and O–H groups in total. The van der Waals surface area contributed by atoms with Crippen LogP contribution in [-0.4, -0.2) is 73.5 Å². The number of likely N-dealkylation sites (tertiary alicyclic amines) is 1. The molecule has 0 spiro atoms. The van der Waals surface area contributed by atoms with Crippen LogP contribution in [0.3, 0.4) is 0 Å². The molecule has 3 aliphatic rings. The first-order valence-corrected chi connectivity index (χ1v) is 11.7. The number of fused-ring (bicyclic) bond motifs is 2. The van der Waals surface area contributed by atoms with Gasteiger partial charge < -0.3 is 19.9 Å². The summed E-state index contributed by atoms with van der Waals surface area (Å²) in [4.78, 5) is 35.6. The molecule has 0 unspecified atom stereocenters. The molecule has 1 aromatic carbocycles. The third kappa shape index (κ3) is 4.25. The zero-order valence-electron chi connectivity index (χ0n) is 20.0. The highest BCUT2D eigenvalue weighted by Crippen LogP contribution is 2.45. The molecule has 1 aromatic heterocycles. The Morgan fingerprint density at radius 3 is 2.85 bits per heavy atom. The Morgan fingerprint density at radius 2 is 2.06 bits per heavy atom. The Hall–Kier alpha value is -3.39. The lowest BCUT2D eigenvalue weighted by molar-refractivity contribution is -0.125. The van der Waals surface area contributed by atoms with Gasteiger partial charge in [-0.1, -0.05) is 19.1 Å². The van der Waals surface area contributed by atoms with Gasteiger partial charge in [0.25, 0.3) is 0 Å². The van der Waals surface area contributed by atoms with E-state index in [4.69, 9.17) is 4.74 Å². The largest absolute Gasteiger partial charge is 0.495 e. The normalized spacial score (nSPS) is 24.7. The van der Waals surface area contributed by atoms with Crippen LogP contribution < -0.4 is 15.0 Å². The third-order valence-corrected chi connectivity index (χ3v) is 7.23. The predicted molar refractivity (Wildman–Crippen MR) is 132 cm³/mol. The minimum atomic E-state index is -0.0652. The highest BCUT2D eigenvalue weighted by atomic mass is 16.5. The van der Waals surface area contributed by atoms with Gasteiger partial charge in [0.1, 0.15) is 11.6 Å². The van der Waals surface area contributed by atoms with Crippen molar-refractivity contribution in [3.8, 4) is 5.75 Å². The summed E-state index contributed by atoms with van der Waals surface area (Å²) in [7, 11) is 3.61. The standard InChI is InChI=1S/C26H31N5O3/c1-26-16-30(21-6-4-5-7-22(21)34-3)13-20(26)14-31(17-26)24(33)9-8-18-10-19-12-29(2)15-23(32)28-25(19)27-11-18/h4-11,20H,12-17H2,1-3H3,(H,27,28,32)/b9-8+/t20-,26+/m1/s1. The number of benzene rings is 1. The van der Waals surface area contributed by atoms with E-state index in [0.717, 1.165) is 48.7 Å². The van der Waals surface area contributed by atoms with Crippen LogP contribution in [0.2, 0.25) is 0 Å². The van der Waals surface area contributed by atoms with E-state index in [1.807, 2.05) is 47.2 Å². The number of hydrogen-bond donors (Lipinski definition) is 1. The van der Waals surface area contributed by atoms with Crippen molar-refractivity contribution in [3.05, 3.63) is 53.7 Å². The molecule has 0 bridgehead atoms. The number of likely N-dealkylation sites (N-methyl/N-ethyl adjacent to an activating group) is 1. The number of methoxy groups -OCH3 is 1. The Balaban J connectivity index is 1.24. The molecule has 0 radical (unpaired) electrons. The van der Waals surface area contributed by atoms with E-state index in [1.54, 1.807) is 19.4 Å². The van der Waals surface area contributed by atoms with Crippen LogP contribution in [0.5, 0.6) is 5.75 Å². The minimum absolute atomic E-state index is 0.0276. The number of anilines is 2. The molecule has 2 atom stereocenters. The van der Waals surface area contributed by atoms with Crippen LogP contribution in [-0.2, 0) is 16.1 Å². The second-order valence-corrected chi connectivity index (χ2v) is 9.95. The van der Waals surface area contributed by atoms with Crippen molar-refractivity contribution in [2.45, 2.75) is 13.5 Å². The maximum Gasteiger partial charge on any atom is 0.246 e. The fraction of sp³-hybridized carbons (Fsp3) is 0.423. The van der Waals surface area contributed by atoms with E-state index in [2.05, 4.69) is 28.2 Å². The van der Waals surface area contributed by atoms with E-state index < -0.39 is 0 Å². The monoisotopic (exact) mass is 461 g/mol. The predicted octanol–water partition coefficient (Wildman–Crippen LogP) is 2.47. The fourth-order valence-electron chi connectivity index (χ4n) is 5.47.